The number of hydrogen-bond acceptors (Lipinski definition) is 2. The van der Waals surface area contributed by atoms with E-state index in [2.05, 4.69) is 58.7 Å². The molecule has 0 amide bonds. The van der Waals surface area contributed by atoms with Crippen LogP contribution in [0.1, 0.15) is 32.3 Å². The summed E-state index contributed by atoms with van der Waals surface area (Å²) < 4.78 is 2.60. The molecule has 19 heavy (non-hydrogen) atoms. The third-order valence-electron chi connectivity index (χ3n) is 3.75. The Hall–Kier alpha value is -0.380. The molecule has 0 saturated carbocycles. The highest BCUT2D eigenvalue weighted by molar-refractivity contribution is 9.10. The van der Waals surface area contributed by atoms with Gasteiger partial charge < -0.3 is 5.32 Å². The molecule has 0 bridgehead atoms. The molecule has 0 fully saturated rings. The van der Waals surface area contributed by atoms with E-state index in [0.717, 1.165) is 6.54 Å². The van der Waals surface area contributed by atoms with Gasteiger partial charge in [-0.25, -0.2) is 0 Å². The molecule has 0 radical (unpaired) electrons. The number of fused-ring (bicyclic) bond motifs is 1. The molecule has 0 aliphatic carbocycles. The molecule has 1 aromatic carbocycles. The Morgan fingerprint density at radius 3 is 2.79 bits per heavy atom. The molecule has 0 saturated heterocycles. The summed E-state index contributed by atoms with van der Waals surface area (Å²) in [5, 5.41) is 6.99. The topological polar surface area (TPSA) is 12.0 Å². The first kappa shape index (κ1) is 15.0. The van der Waals surface area contributed by atoms with Crippen LogP contribution in [0.15, 0.2) is 28.1 Å². The second-order valence-electron chi connectivity index (χ2n) is 5.90. The maximum Gasteiger partial charge on any atom is 0.0487 e. The average molecular weight is 340 g/mol. The van der Waals surface area contributed by atoms with Gasteiger partial charge in [-0.15, -0.1) is 11.3 Å². The summed E-state index contributed by atoms with van der Waals surface area (Å²) in [5.74, 6) is 0. The molecule has 1 N–H and O–H groups in total. The van der Waals surface area contributed by atoms with Crippen molar-refractivity contribution in [2.24, 2.45) is 5.41 Å². The largest absolute Gasteiger partial charge is 0.320 e. The summed E-state index contributed by atoms with van der Waals surface area (Å²) in [4.78, 5) is 0. The summed E-state index contributed by atoms with van der Waals surface area (Å²) in [7, 11) is 2.03. The van der Waals surface area contributed by atoms with Gasteiger partial charge in [0.15, 0.2) is 0 Å². The standard InChI is InChI=1S/C16H22BrNS/c1-16(2,9-10-18-3)8-7-12-11-19-15-13(12)5-4-6-14(15)17/h4-6,11,18H,7-10H2,1-3H3. The monoisotopic (exact) mass is 339 g/mol. The zero-order chi connectivity index (χ0) is 13.9. The van der Waals surface area contributed by atoms with Crippen molar-refractivity contribution in [3.63, 3.8) is 0 Å². The summed E-state index contributed by atoms with van der Waals surface area (Å²) in [6.45, 7) is 5.84. The van der Waals surface area contributed by atoms with Crippen molar-refractivity contribution in [2.45, 2.75) is 33.1 Å². The fourth-order valence-electron chi connectivity index (χ4n) is 2.33. The summed E-state index contributed by atoms with van der Waals surface area (Å²) in [6.07, 6.45) is 3.65. The van der Waals surface area contributed by atoms with Gasteiger partial charge in [-0.2, -0.15) is 0 Å². The highest BCUT2D eigenvalue weighted by atomic mass is 79.9. The highest BCUT2D eigenvalue weighted by Crippen LogP contribution is 2.35. The SMILES string of the molecule is CNCCC(C)(C)CCc1csc2c(Br)cccc12. The molecule has 1 nitrogen and oxygen atoms in total. The summed E-state index contributed by atoms with van der Waals surface area (Å²) in [5.41, 5.74) is 1.90. The van der Waals surface area contributed by atoms with Crippen molar-refractivity contribution in [2.75, 3.05) is 13.6 Å². The molecule has 0 spiro atoms. The Balaban J connectivity index is 2.08. The van der Waals surface area contributed by atoms with Crippen molar-refractivity contribution in [1.29, 1.82) is 0 Å². The van der Waals surface area contributed by atoms with Crippen LogP contribution < -0.4 is 5.32 Å². The molecule has 104 valence electrons. The van der Waals surface area contributed by atoms with E-state index in [9.17, 15) is 0 Å². The van der Waals surface area contributed by atoms with Crippen LogP contribution in [-0.4, -0.2) is 13.6 Å². The van der Waals surface area contributed by atoms with Crippen LogP contribution in [0.5, 0.6) is 0 Å². The van der Waals surface area contributed by atoms with Crippen LogP contribution in [0, 0.1) is 5.41 Å². The fraction of sp³-hybridized carbons (Fsp3) is 0.500. The van der Waals surface area contributed by atoms with Crippen molar-refractivity contribution >= 4 is 37.4 Å². The predicted octanol–water partition coefficient (Wildman–Crippen LogP) is 5.23. The normalized spacial score (nSPS) is 12.2. The first-order valence-electron chi connectivity index (χ1n) is 6.83. The predicted molar refractivity (Wildman–Crippen MR) is 90.2 cm³/mol. The van der Waals surface area contributed by atoms with E-state index in [0.29, 0.717) is 5.41 Å². The average Bonchev–Trinajstić information content (AvgIpc) is 2.79. The zero-order valence-electron chi connectivity index (χ0n) is 11.9. The Kier molecular flexibility index (Phi) is 5.04. The Labute approximate surface area is 128 Å². The van der Waals surface area contributed by atoms with Crippen molar-refractivity contribution in [3.05, 3.63) is 33.6 Å². The number of aryl methyl sites for hydroxylation is 1. The quantitative estimate of drug-likeness (QED) is 0.759. The van der Waals surface area contributed by atoms with Gasteiger partial charge in [0.25, 0.3) is 0 Å². The molecular formula is C16H22BrNS. The number of hydrogen-bond donors (Lipinski definition) is 1. The summed E-state index contributed by atoms with van der Waals surface area (Å²) in [6, 6.07) is 6.50. The number of thiophene rings is 1. The van der Waals surface area contributed by atoms with Crippen LogP contribution in [0.4, 0.5) is 0 Å². The van der Waals surface area contributed by atoms with Gasteiger partial charge in [0.2, 0.25) is 0 Å². The molecule has 0 aliphatic heterocycles. The van der Waals surface area contributed by atoms with Crippen LogP contribution in [-0.2, 0) is 6.42 Å². The second-order valence-corrected chi connectivity index (χ2v) is 7.63. The van der Waals surface area contributed by atoms with Gasteiger partial charge in [-0.3, -0.25) is 0 Å². The molecule has 0 atom stereocenters. The molecule has 3 heteroatoms. The minimum Gasteiger partial charge on any atom is -0.320 e. The Morgan fingerprint density at radius 2 is 2.05 bits per heavy atom. The van der Waals surface area contributed by atoms with E-state index in [1.165, 1.54) is 39.4 Å². The second kappa shape index (κ2) is 6.38. The molecule has 1 aromatic heterocycles. The lowest BCUT2D eigenvalue weighted by atomic mass is 9.83. The fourth-order valence-corrected chi connectivity index (χ4v) is 3.99. The van der Waals surface area contributed by atoms with Crippen LogP contribution >= 0.6 is 27.3 Å². The van der Waals surface area contributed by atoms with Gasteiger partial charge in [0, 0.05) is 9.17 Å². The maximum absolute atomic E-state index is 3.64. The Morgan fingerprint density at radius 1 is 1.26 bits per heavy atom. The minimum atomic E-state index is 0.406. The van der Waals surface area contributed by atoms with E-state index in [-0.39, 0.29) is 0 Å². The van der Waals surface area contributed by atoms with Crippen LogP contribution in [0.25, 0.3) is 10.1 Å². The van der Waals surface area contributed by atoms with E-state index in [1.54, 1.807) is 0 Å². The Bertz CT molecular complexity index is 545. The van der Waals surface area contributed by atoms with E-state index < -0.39 is 0 Å². The van der Waals surface area contributed by atoms with E-state index >= 15 is 0 Å². The number of rotatable bonds is 6. The van der Waals surface area contributed by atoms with Crippen molar-refractivity contribution in [3.8, 4) is 0 Å². The first-order valence-corrected chi connectivity index (χ1v) is 8.50. The third kappa shape index (κ3) is 3.80. The molecule has 0 aliphatic rings. The molecule has 2 rings (SSSR count). The van der Waals surface area contributed by atoms with Gasteiger partial charge in [-0.1, -0.05) is 26.0 Å². The molecule has 0 unspecified atom stereocenters. The van der Waals surface area contributed by atoms with Gasteiger partial charge in [0.1, 0.15) is 0 Å². The summed E-state index contributed by atoms with van der Waals surface area (Å²) >= 11 is 5.49. The smallest absolute Gasteiger partial charge is 0.0487 e. The molecule has 1 heterocycles. The zero-order valence-corrected chi connectivity index (χ0v) is 14.3. The number of halogens is 1. The number of nitrogens with one attached hydrogen (secondary N) is 1. The highest BCUT2D eigenvalue weighted by Gasteiger charge is 2.18. The van der Waals surface area contributed by atoms with Gasteiger partial charge in [0.05, 0.1) is 0 Å². The molecular weight excluding hydrogens is 318 g/mol. The van der Waals surface area contributed by atoms with Crippen molar-refractivity contribution in [1.82, 2.24) is 5.32 Å². The maximum atomic E-state index is 3.64. The minimum absolute atomic E-state index is 0.406. The lowest BCUT2D eigenvalue weighted by Crippen LogP contribution is -2.20. The number of benzene rings is 1. The van der Waals surface area contributed by atoms with Crippen molar-refractivity contribution < 1.29 is 0 Å². The van der Waals surface area contributed by atoms with Gasteiger partial charge >= 0.3 is 0 Å². The molecule has 2 aromatic rings. The lowest BCUT2D eigenvalue weighted by molar-refractivity contribution is 0.306. The van der Waals surface area contributed by atoms with Crippen LogP contribution in [0.3, 0.4) is 0 Å². The van der Waals surface area contributed by atoms with Crippen LogP contribution in [0.2, 0.25) is 0 Å². The van der Waals surface area contributed by atoms with Gasteiger partial charge in [-0.05, 0) is 76.6 Å². The first-order chi connectivity index (χ1) is 9.03. The third-order valence-corrected chi connectivity index (χ3v) is 5.76. The van der Waals surface area contributed by atoms with E-state index in [1.807, 2.05) is 18.4 Å². The van der Waals surface area contributed by atoms with E-state index in [4.69, 9.17) is 0 Å². The lowest BCUT2D eigenvalue weighted by Gasteiger charge is -2.24.